The van der Waals surface area contributed by atoms with E-state index in [0.717, 1.165) is 10.0 Å². The third kappa shape index (κ3) is 2.96. The van der Waals surface area contributed by atoms with Crippen LogP contribution < -0.4 is 5.32 Å². The van der Waals surface area contributed by atoms with Gasteiger partial charge in [0.1, 0.15) is 5.75 Å². The molecule has 0 aliphatic rings. The zero-order chi connectivity index (χ0) is 14.0. The highest BCUT2D eigenvalue weighted by molar-refractivity contribution is 9.10. The lowest BCUT2D eigenvalue weighted by molar-refractivity contribution is 0.102. The van der Waals surface area contributed by atoms with Gasteiger partial charge in [0.25, 0.3) is 5.91 Å². The maximum absolute atomic E-state index is 12.2. The molecule has 0 aliphatic carbocycles. The summed E-state index contributed by atoms with van der Waals surface area (Å²) in [6.45, 7) is 3.65. The second-order valence-electron chi connectivity index (χ2n) is 4.36. The Morgan fingerprint density at radius 1 is 1.21 bits per heavy atom. The van der Waals surface area contributed by atoms with E-state index in [1.54, 1.807) is 31.2 Å². The topological polar surface area (TPSA) is 49.3 Å². The molecule has 0 spiro atoms. The molecule has 19 heavy (non-hydrogen) atoms. The standard InChI is InChI=1S/C15H14BrNO2/c1-9-6-7-11(16)8-12(9)15(19)17-13-4-3-5-14(18)10(13)2/h3-8,18H,1-2H3,(H,17,19). The average molecular weight is 320 g/mol. The van der Waals surface area contributed by atoms with Crippen molar-refractivity contribution in [2.75, 3.05) is 5.32 Å². The van der Waals surface area contributed by atoms with E-state index in [0.29, 0.717) is 16.8 Å². The molecule has 2 aromatic carbocycles. The molecule has 0 bridgehead atoms. The van der Waals surface area contributed by atoms with Gasteiger partial charge < -0.3 is 10.4 Å². The molecule has 0 fully saturated rings. The van der Waals surface area contributed by atoms with Gasteiger partial charge in [0.2, 0.25) is 0 Å². The Hall–Kier alpha value is -1.81. The number of nitrogens with one attached hydrogen (secondary N) is 1. The lowest BCUT2D eigenvalue weighted by atomic mass is 10.1. The summed E-state index contributed by atoms with van der Waals surface area (Å²) in [5.41, 5.74) is 2.78. The van der Waals surface area contributed by atoms with Gasteiger partial charge in [-0.1, -0.05) is 28.1 Å². The Bertz CT molecular complexity index is 638. The third-order valence-corrected chi connectivity index (χ3v) is 3.49. The lowest BCUT2D eigenvalue weighted by Crippen LogP contribution is -2.14. The van der Waals surface area contributed by atoms with Crippen molar-refractivity contribution < 1.29 is 9.90 Å². The summed E-state index contributed by atoms with van der Waals surface area (Å²) in [6, 6.07) is 10.6. The van der Waals surface area contributed by atoms with Crippen LogP contribution in [0, 0.1) is 13.8 Å². The number of phenols is 1. The van der Waals surface area contributed by atoms with Crippen molar-refractivity contribution in [3.63, 3.8) is 0 Å². The Morgan fingerprint density at radius 3 is 2.68 bits per heavy atom. The van der Waals surface area contributed by atoms with Gasteiger partial charge in [-0.05, 0) is 43.7 Å². The molecule has 2 rings (SSSR count). The normalized spacial score (nSPS) is 10.3. The fourth-order valence-electron chi connectivity index (χ4n) is 1.79. The highest BCUT2D eigenvalue weighted by Gasteiger charge is 2.12. The maximum Gasteiger partial charge on any atom is 0.255 e. The highest BCUT2D eigenvalue weighted by atomic mass is 79.9. The molecule has 98 valence electrons. The molecular formula is C15H14BrNO2. The van der Waals surface area contributed by atoms with Gasteiger partial charge in [-0.25, -0.2) is 0 Å². The van der Waals surface area contributed by atoms with E-state index in [1.165, 1.54) is 0 Å². The number of aromatic hydroxyl groups is 1. The van der Waals surface area contributed by atoms with Crippen LogP contribution in [0.5, 0.6) is 5.75 Å². The van der Waals surface area contributed by atoms with Gasteiger partial charge in [-0.3, -0.25) is 4.79 Å². The van der Waals surface area contributed by atoms with Crippen LogP contribution in [0.4, 0.5) is 5.69 Å². The molecule has 0 aromatic heterocycles. The van der Waals surface area contributed by atoms with Crippen molar-refractivity contribution in [1.29, 1.82) is 0 Å². The number of benzene rings is 2. The molecule has 0 radical (unpaired) electrons. The Balaban J connectivity index is 2.31. The second kappa shape index (κ2) is 5.45. The van der Waals surface area contributed by atoms with Crippen LogP contribution >= 0.6 is 15.9 Å². The van der Waals surface area contributed by atoms with Gasteiger partial charge in [0.05, 0.1) is 0 Å². The van der Waals surface area contributed by atoms with Gasteiger partial charge in [0, 0.05) is 21.3 Å². The first-order valence-corrected chi connectivity index (χ1v) is 6.64. The summed E-state index contributed by atoms with van der Waals surface area (Å²) in [5.74, 6) is -0.0173. The van der Waals surface area contributed by atoms with Crippen LogP contribution in [0.3, 0.4) is 0 Å². The predicted octanol–water partition coefficient (Wildman–Crippen LogP) is 4.02. The monoisotopic (exact) mass is 319 g/mol. The lowest BCUT2D eigenvalue weighted by Gasteiger charge is -2.11. The summed E-state index contributed by atoms with van der Waals surface area (Å²) in [6.07, 6.45) is 0. The number of hydrogen-bond acceptors (Lipinski definition) is 2. The summed E-state index contributed by atoms with van der Waals surface area (Å²) >= 11 is 3.36. The van der Waals surface area contributed by atoms with Gasteiger partial charge in [-0.15, -0.1) is 0 Å². The third-order valence-electron chi connectivity index (χ3n) is 3.00. The van der Waals surface area contributed by atoms with Crippen molar-refractivity contribution in [2.24, 2.45) is 0 Å². The van der Waals surface area contributed by atoms with Crippen molar-refractivity contribution in [3.8, 4) is 5.75 Å². The number of amides is 1. The van der Waals surface area contributed by atoms with Crippen LogP contribution in [0.2, 0.25) is 0 Å². The van der Waals surface area contributed by atoms with Crippen molar-refractivity contribution in [2.45, 2.75) is 13.8 Å². The van der Waals surface area contributed by atoms with E-state index in [9.17, 15) is 9.90 Å². The minimum Gasteiger partial charge on any atom is -0.508 e. The first kappa shape index (κ1) is 13.6. The first-order chi connectivity index (χ1) is 8.99. The van der Waals surface area contributed by atoms with Crippen LogP contribution in [0.1, 0.15) is 21.5 Å². The zero-order valence-corrected chi connectivity index (χ0v) is 12.3. The summed E-state index contributed by atoms with van der Waals surface area (Å²) < 4.78 is 0.857. The average Bonchev–Trinajstić information content (AvgIpc) is 2.38. The molecule has 0 aliphatic heterocycles. The number of phenolic OH excluding ortho intramolecular Hbond substituents is 1. The molecule has 2 aromatic rings. The van der Waals surface area contributed by atoms with Crippen LogP contribution in [-0.4, -0.2) is 11.0 Å². The largest absolute Gasteiger partial charge is 0.508 e. The molecular weight excluding hydrogens is 306 g/mol. The summed E-state index contributed by atoms with van der Waals surface area (Å²) in [5, 5.41) is 12.4. The molecule has 0 atom stereocenters. The van der Waals surface area contributed by atoms with Crippen LogP contribution in [0.25, 0.3) is 0 Å². The van der Waals surface area contributed by atoms with E-state index < -0.39 is 0 Å². The smallest absolute Gasteiger partial charge is 0.255 e. The molecule has 3 nitrogen and oxygen atoms in total. The van der Waals surface area contributed by atoms with Crippen LogP contribution in [-0.2, 0) is 0 Å². The number of rotatable bonds is 2. The predicted molar refractivity (Wildman–Crippen MR) is 79.7 cm³/mol. The summed E-state index contributed by atoms with van der Waals surface area (Å²) in [4.78, 5) is 12.2. The van der Waals surface area contributed by atoms with Crippen molar-refractivity contribution >= 4 is 27.5 Å². The van der Waals surface area contributed by atoms with Crippen LogP contribution in [0.15, 0.2) is 40.9 Å². The minimum atomic E-state index is -0.188. The molecule has 0 saturated heterocycles. The number of halogens is 1. The van der Waals surface area contributed by atoms with E-state index >= 15 is 0 Å². The minimum absolute atomic E-state index is 0.170. The molecule has 0 unspecified atom stereocenters. The van der Waals surface area contributed by atoms with E-state index in [-0.39, 0.29) is 11.7 Å². The first-order valence-electron chi connectivity index (χ1n) is 5.85. The van der Waals surface area contributed by atoms with E-state index in [1.807, 2.05) is 19.1 Å². The molecule has 1 amide bonds. The second-order valence-corrected chi connectivity index (χ2v) is 5.28. The number of carbonyl (C=O) groups is 1. The van der Waals surface area contributed by atoms with Gasteiger partial charge >= 0.3 is 0 Å². The Morgan fingerprint density at radius 2 is 1.95 bits per heavy atom. The zero-order valence-electron chi connectivity index (χ0n) is 10.7. The highest BCUT2D eigenvalue weighted by Crippen LogP contribution is 2.25. The van der Waals surface area contributed by atoms with Crippen molar-refractivity contribution in [3.05, 3.63) is 57.6 Å². The number of anilines is 1. The quantitative estimate of drug-likeness (QED) is 0.878. The Labute approximate surface area is 120 Å². The number of carbonyl (C=O) groups excluding carboxylic acids is 1. The van der Waals surface area contributed by atoms with Gasteiger partial charge in [-0.2, -0.15) is 0 Å². The van der Waals surface area contributed by atoms with E-state index in [4.69, 9.17) is 0 Å². The van der Waals surface area contributed by atoms with Gasteiger partial charge in [0.15, 0.2) is 0 Å². The fraction of sp³-hybridized carbons (Fsp3) is 0.133. The Kier molecular flexibility index (Phi) is 3.90. The molecule has 2 N–H and O–H groups in total. The SMILES string of the molecule is Cc1ccc(Br)cc1C(=O)Nc1cccc(O)c1C. The fourth-order valence-corrected chi connectivity index (χ4v) is 2.15. The summed E-state index contributed by atoms with van der Waals surface area (Å²) in [7, 11) is 0. The molecule has 0 saturated carbocycles. The maximum atomic E-state index is 12.2. The molecule has 4 heteroatoms. The van der Waals surface area contributed by atoms with E-state index in [2.05, 4.69) is 21.2 Å². The van der Waals surface area contributed by atoms with Crippen molar-refractivity contribution in [1.82, 2.24) is 0 Å². The number of aryl methyl sites for hydroxylation is 1. The molecule has 0 heterocycles. The number of hydrogen-bond donors (Lipinski definition) is 2.